The van der Waals surface area contributed by atoms with E-state index in [0.29, 0.717) is 29.0 Å². The second-order valence-corrected chi connectivity index (χ2v) is 11.6. The summed E-state index contributed by atoms with van der Waals surface area (Å²) in [5.74, 6) is 1.56. The van der Waals surface area contributed by atoms with Gasteiger partial charge >= 0.3 is 0 Å². The van der Waals surface area contributed by atoms with Gasteiger partial charge in [0.1, 0.15) is 11.4 Å². The van der Waals surface area contributed by atoms with Crippen LogP contribution >= 0.6 is 23.2 Å². The number of methoxy groups -OCH3 is 1. The van der Waals surface area contributed by atoms with Crippen molar-refractivity contribution >= 4 is 29.1 Å². The molecule has 2 fully saturated rings. The summed E-state index contributed by atoms with van der Waals surface area (Å²) in [5, 5.41) is 3.39. The molecule has 30 heavy (non-hydrogen) atoms. The van der Waals surface area contributed by atoms with Crippen LogP contribution in [-0.4, -0.2) is 30.1 Å². The Hall–Kier alpha value is -0.970. The highest BCUT2D eigenvalue weighted by molar-refractivity contribution is 6.34. The van der Waals surface area contributed by atoms with Crippen LogP contribution in [0.4, 0.5) is 0 Å². The van der Waals surface area contributed by atoms with Crippen molar-refractivity contribution < 1.29 is 14.3 Å². The predicted octanol–water partition coefficient (Wildman–Crippen LogP) is 5.36. The molecular weight excluding hydrogens is 421 g/mol. The van der Waals surface area contributed by atoms with Gasteiger partial charge in [-0.3, -0.25) is 4.79 Å². The number of rotatable bonds is 1. The van der Waals surface area contributed by atoms with Crippen molar-refractivity contribution in [1.82, 2.24) is 5.32 Å². The van der Waals surface area contributed by atoms with Gasteiger partial charge in [-0.25, -0.2) is 0 Å². The van der Waals surface area contributed by atoms with E-state index in [1.54, 1.807) is 7.11 Å². The van der Waals surface area contributed by atoms with Gasteiger partial charge in [0.05, 0.1) is 22.1 Å². The van der Waals surface area contributed by atoms with E-state index >= 15 is 0 Å². The first-order valence-corrected chi connectivity index (χ1v) is 11.9. The van der Waals surface area contributed by atoms with E-state index in [-0.39, 0.29) is 33.8 Å². The number of ether oxygens (including phenoxy) is 2. The highest BCUT2D eigenvalue weighted by atomic mass is 35.5. The topological polar surface area (TPSA) is 47.6 Å². The summed E-state index contributed by atoms with van der Waals surface area (Å²) >= 11 is 13.5. The van der Waals surface area contributed by atoms with Gasteiger partial charge in [0.25, 0.3) is 5.91 Å². The summed E-state index contributed by atoms with van der Waals surface area (Å²) in [5.41, 5.74) is 2.02. The van der Waals surface area contributed by atoms with Gasteiger partial charge in [-0.1, -0.05) is 39.3 Å². The minimum absolute atomic E-state index is 0.0679. The molecular formula is C24H31Cl2NO3. The van der Waals surface area contributed by atoms with Crippen molar-refractivity contribution in [2.45, 2.75) is 77.0 Å². The molecule has 5 rings (SSSR count). The van der Waals surface area contributed by atoms with Gasteiger partial charge in [0.2, 0.25) is 0 Å². The lowest BCUT2D eigenvalue weighted by Crippen LogP contribution is -2.72. The maximum atomic E-state index is 12.4. The Morgan fingerprint density at radius 1 is 1.27 bits per heavy atom. The minimum Gasteiger partial charge on any atom is -0.486 e. The van der Waals surface area contributed by atoms with E-state index in [4.69, 9.17) is 32.7 Å². The normalized spacial score (nSPS) is 41.1. The number of carbonyl (C=O) groups is 1. The SMILES string of the molecule is CO[C@@H]1C[C@@]23Oc4c(cc(Cl)c5c4CNC5=O)C[C@]2(C)[C@@H](C)CC[C@H]3C(C)(C)[C@H]1Cl. The van der Waals surface area contributed by atoms with E-state index in [2.05, 4.69) is 33.0 Å². The molecule has 1 N–H and O–H groups in total. The zero-order valence-electron chi connectivity index (χ0n) is 18.4. The van der Waals surface area contributed by atoms with E-state index in [1.807, 2.05) is 6.07 Å². The smallest absolute Gasteiger partial charge is 0.253 e. The molecule has 2 saturated carbocycles. The largest absolute Gasteiger partial charge is 0.486 e. The number of halogens is 2. The molecule has 164 valence electrons. The Morgan fingerprint density at radius 3 is 2.70 bits per heavy atom. The molecule has 0 radical (unpaired) electrons. The summed E-state index contributed by atoms with van der Waals surface area (Å²) in [6.07, 6.45) is 3.83. The fourth-order valence-electron chi connectivity index (χ4n) is 7.21. The Labute approximate surface area is 189 Å². The van der Waals surface area contributed by atoms with Gasteiger partial charge in [0, 0.05) is 37.0 Å². The van der Waals surface area contributed by atoms with E-state index in [9.17, 15) is 4.79 Å². The number of alkyl halides is 1. The number of carbonyl (C=O) groups excluding carboxylic acids is 1. The molecule has 0 aromatic heterocycles. The molecule has 2 aliphatic heterocycles. The van der Waals surface area contributed by atoms with Crippen LogP contribution in [0.5, 0.6) is 5.75 Å². The summed E-state index contributed by atoms with van der Waals surface area (Å²) in [4.78, 5) is 12.4. The first-order chi connectivity index (χ1) is 14.1. The molecule has 0 saturated heterocycles. The van der Waals surface area contributed by atoms with E-state index in [1.165, 1.54) is 0 Å². The monoisotopic (exact) mass is 451 g/mol. The Morgan fingerprint density at radius 2 is 2.00 bits per heavy atom. The first-order valence-electron chi connectivity index (χ1n) is 11.0. The molecule has 0 bridgehead atoms. The lowest BCUT2D eigenvalue weighted by atomic mass is 9.43. The summed E-state index contributed by atoms with van der Waals surface area (Å²) < 4.78 is 13.1. The lowest BCUT2D eigenvalue weighted by Gasteiger charge is -2.68. The number of nitrogens with one attached hydrogen (secondary N) is 1. The quantitative estimate of drug-likeness (QED) is 0.584. The van der Waals surface area contributed by atoms with Crippen molar-refractivity contribution in [3.8, 4) is 5.75 Å². The van der Waals surface area contributed by atoms with Crippen LogP contribution in [0.3, 0.4) is 0 Å². The van der Waals surface area contributed by atoms with Crippen molar-refractivity contribution in [3.63, 3.8) is 0 Å². The van der Waals surface area contributed by atoms with Gasteiger partial charge in [-0.15, -0.1) is 11.6 Å². The third-order valence-corrected chi connectivity index (χ3v) is 10.3. The van der Waals surface area contributed by atoms with Crippen LogP contribution in [0.25, 0.3) is 0 Å². The predicted molar refractivity (Wildman–Crippen MR) is 119 cm³/mol. The lowest BCUT2D eigenvalue weighted by molar-refractivity contribution is -0.231. The third kappa shape index (κ3) is 2.42. The van der Waals surface area contributed by atoms with Crippen molar-refractivity contribution in [2.75, 3.05) is 7.11 Å². The summed E-state index contributed by atoms with van der Waals surface area (Å²) in [6, 6.07) is 1.96. The minimum atomic E-state index is -0.388. The van der Waals surface area contributed by atoms with Gasteiger partial charge in [0.15, 0.2) is 0 Å². The summed E-state index contributed by atoms with van der Waals surface area (Å²) in [7, 11) is 1.76. The summed E-state index contributed by atoms with van der Waals surface area (Å²) in [6.45, 7) is 9.76. The van der Waals surface area contributed by atoms with Crippen molar-refractivity contribution in [1.29, 1.82) is 0 Å². The molecule has 1 aromatic carbocycles. The number of amides is 1. The molecule has 2 aliphatic carbocycles. The standard InChI is InChI=1S/C24H31Cl2NO3/c1-12-6-7-17-22(2,3)20(26)16(29-5)10-24(17)23(12,4)9-13-8-15(25)18-14(19(13)30-24)11-27-21(18)28/h8,12,16-17,20H,6-7,9-11H2,1-5H3,(H,27,28)/t12-,16+,17-,20-,23+,24-/m0/s1. The van der Waals surface area contributed by atoms with Crippen LogP contribution in [0.2, 0.25) is 5.02 Å². The Bertz CT molecular complexity index is 932. The molecule has 1 spiro atoms. The zero-order chi connectivity index (χ0) is 21.6. The fraction of sp³-hybridized carbons (Fsp3) is 0.708. The number of fused-ring (bicyclic) bond motifs is 3. The zero-order valence-corrected chi connectivity index (χ0v) is 19.9. The highest BCUT2D eigenvalue weighted by Crippen LogP contribution is 2.67. The Balaban J connectivity index is 1.74. The first kappa shape index (κ1) is 20.9. The molecule has 4 nitrogen and oxygen atoms in total. The number of benzene rings is 1. The molecule has 0 unspecified atom stereocenters. The van der Waals surface area contributed by atoms with Gasteiger partial charge in [-0.05, 0) is 42.2 Å². The van der Waals surface area contributed by atoms with Crippen LogP contribution < -0.4 is 10.1 Å². The van der Waals surface area contributed by atoms with Crippen LogP contribution in [0.15, 0.2) is 6.07 Å². The average Bonchev–Trinajstić information content (AvgIpc) is 3.07. The molecule has 4 aliphatic rings. The molecule has 6 atom stereocenters. The van der Waals surface area contributed by atoms with Crippen molar-refractivity contribution in [2.24, 2.45) is 22.7 Å². The van der Waals surface area contributed by atoms with Crippen LogP contribution in [0.1, 0.15) is 68.4 Å². The van der Waals surface area contributed by atoms with E-state index in [0.717, 1.165) is 42.6 Å². The average molecular weight is 452 g/mol. The number of hydrogen-bond donors (Lipinski definition) is 1. The molecule has 1 amide bonds. The fourth-order valence-corrected chi connectivity index (χ4v) is 7.89. The van der Waals surface area contributed by atoms with Gasteiger partial charge < -0.3 is 14.8 Å². The van der Waals surface area contributed by atoms with Crippen LogP contribution in [0, 0.1) is 22.7 Å². The number of hydrogen-bond acceptors (Lipinski definition) is 3. The second kappa shape index (κ2) is 6.52. The molecule has 1 aromatic rings. The maximum Gasteiger partial charge on any atom is 0.253 e. The third-order valence-electron chi connectivity index (χ3n) is 9.15. The van der Waals surface area contributed by atoms with E-state index < -0.39 is 0 Å². The molecule has 2 heterocycles. The molecule has 6 heteroatoms. The Kier molecular flexibility index (Phi) is 4.55. The highest BCUT2D eigenvalue weighted by Gasteiger charge is 2.69. The van der Waals surface area contributed by atoms with Crippen LogP contribution in [-0.2, 0) is 17.7 Å². The van der Waals surface area contributed by atoms with Crippen molar-refractivity contribution in [3.05, 3.63) is 27.8 Å². The second-order valence-electron chi connectivity index (χ2n) is 10.7. The van der Waals surface area contributed by atoms with Gasteiger partial charge in [-0.2, -0.15) is 0 Å². The maximum absolute atomic E-state index is 12.4.